The van der Waals surface area contributed by atoms with Gasteiger partial charge in [-0.15, -0.1) is 0 Å². The highest BCUT2D eigenvalue weighted by atomic mass is 16.4. The van der Waals surface area contributed by atoms with Crippen molar-refractivity contribution in [2.45, 2.75) is 32.2 Å². The fourth-order valence-corrected chi connectivity index (χ4v) is 2.47. The second-order valence-electron chi connectivity index (χ2n) is 5.51. The zero-order valence-electron chi connectivity index (χ0n) is 11.7. The molecule has 0 spiro atoms. The van der Waals surface area contributed by atoms with E-state index in [0.717, 1.165) is 6.42 Å². The number of urea groups is 1. The van der Waals surface area contributed by atoms with Crippen molar-refractivity contribution in [1.29, 1.82) is 0 Å². The number of carbonyl (C=O) groups is 2. The van der Waals surface area contributed by atoms with E-state index in [0.29, 0.717) is 12.5 Å². The van der Waals surface area contributed by atoms with E-state index >= 15 is 0 Å². The Hall–Kier alpha value is -2.04. The fourth-order valence-electron chi connectivity index (χ4n) is 2.47. The van der Waals surface area contributed by atoms with Crippen LogP contribution in [0, 0.1) is 5.92 Å². The van der Waals surface area contributed by atoms with Crippen LogP contribution in [-0.2, 0) is 11.2 Å². The number of amides is 2. The second kappa shape index (κ2) is 5.94. The summed E-state index contributed by atoms with van der Waals surface area (Å²) in [5, 5.41) is 14.3. The number of fused-ring (bicyclic) bond motifs is 1. The average molecular weight is 276 g/mol. The van der Waals surface area contributed by atoms with Gasteiger partial charge in [0.05, 0.1) is 0 Å². The monoisotopic (exact) mass is 276 g/mol. The molecule has 1 unspecified atom stereocenters. The van der Waals surface area contributed by atoms with Crippen molar-refractivity contribution in [3.8, 4) is 0 Å². The van der Waals surface area contributed by atoms with Crippen LogP contribution in [0.15, 0.2) is 24.3 Å². The molecule has 0 fully saturated rings. The molecule has 1 aromatic carbocycles. The van der Waals surface area contributed by atoms with Gasteiger partial charge in [-0.2, -0.15) is 0 Å². The van der Waals surface area contributed by atoms with Crippen LogP contribution in [0.4, 0.5) is 4.79 Å². The number of nitrogens with one attached hydrogen (secondary N) is 2. The molecule has 3 N–H and O–H groups in total. The van der Waals surface area contributed by atoms with Gasteiger partial charge in [-0.3, -0.25) is 0 Å². The normalized spacial score (nSPS) is 17.9. The van der Waals surface area contributed by atoms with Crippen LogP contribution in [-0.4, -0.2) is 29.7 Å². The van der Waals surface area contributed by atoms with E-state index in [-0.39, 0.29) is 5.92 Å². The van der Waals surface area contributed by atoms with Gasteiger partial charge >= 0.3 is 12.0 Å². The van der Waals surface area contributed by atoms with Gasteiger partial charge in [0.15, 0.2) is 0 Å². The maximum Gasteiger partial charge on any atom is 0.326 e. The Balaban J connectivity index is 1.81. The Kier molecular flexibility index (Phi) is 4.27. The van der Waals surface area contributed by atoms with E-state index in [1.54, 1.807) is 13.8 Å². The zero-order valence-corrected chi connectivity index (χ0v) is 11.7. The van der Waals surface area contributed by atoms with Gasteiger partial charge in [-0.25, -0.2) is 9.59 Å². The second-order valence-corrected chi connectivity index (χ2v) is 5.51. The minimum Gasteiger partial charge on any atom is -0.480 e. The van der Waals surface area contributed by atoms with Crippen LogP contribution < -0.4 is 10.6 Å². The highest BCUT2D eigenvalue weighted by Gasteiger charge is 2.27. The minimum atomic E-state index is -1.01. The van der Waals surface area contributed by atoms with Gasteiger partial charge in [0.25, 0.3) is 0 Å². The number of rotatable bonds is 5. The predicted molar refractivity (Wildman–Crippen MR) is 75.7 cm³/mol. The van der Waals surface area contributed by atoms with E-state index in [1.807, 2.05) is 12.1 Å². The van der Waals surface area contributed by atoms with Crippen molar-refractivity contribution in [2.75, 3.05) is 6.54 Å². The Morgan fingerprint density at radius 3 is 2.65 bits per heavy atom. The molecule has 5 nitrogen and oxygen atoms in total. The van der Waals surface area contributed by atoms with Crippen LogP contribution in [0.25, 0.3) is 0 Å². The van der Waals surface area contributed by atoms with Crippen LogP contribution in [0.1, 0.15) is 30.9 Å². The molecule has 5 heteroatoms. The summed E-state index contributed by atoms with van der Waals surface area (Å²) >= 11 is 0. The molecule has 2 amide bonds. The maximum absolute atomic E-state index is 11.7. The van der Waals surface area contributed by atoms with Gasteiger partial charge in [-0.1, -0.05) is 38.1 Å². The molecule has 0 bridgehead atoms. The van der Waals surface area contributed by atoms with Crippen LogP contribution >= 0.6 is 0 Å². The van der Waals surface area contributed by atoms with Gasteiger partial charge in [0.1, 0.15) is 6.04 Å². The van der Waals surface area contributed by atoms with Crippen molar-refractivity contribution >= 4 is 12.0 Å². The van der Waals surface area contributed by atoms with Crippen LogP contribution in [0.5, 0.6) is 0 Å². The van der Waals surface area contributed by atoms with E-state index in [4.69, 9.17) is 5.11 Å². The number of hydrogen-bond acceptors (Lipinski definition) is 2. The van der Waals surface area contributed by atoms with E-state index in [9.17, 15) is 9.59 Å². The van der Waals surface area contributed by atoms with Crippen LogP contribution in [0.2, 0.25) is 0 Å². The number of carbonyl (C=O) groups excluding carboxylic acids is 1. The molecule has 2 rings (SSSR count). The lowest BCUT2D eigenvalue weighted by Crippen LogP contribution is -2.49. The standard InChI is InChI=1S/C15H20N2O3/c1-9(2)13(14(18)19)17-15(20)16-8-11-7-10-5-3-4-6-12(10)11/h3-6,9,11,13H,7-8H2,1-2H3,(H,18,19)(H2,16,17,20)/t11?,13-/m0/s1. The quantitative estimate of drug-likeness (QED) is 0.766. The third-order valence-electron chi connectivity index (χ3n) is 3.69. The Bertz CT molecular complexity index is 514. The lowest BCUT2D eigenvalue weighted by molar-refractivity contribution is -0.140. The highest BCUT2D eigenvalue weighted by Crippen LogP contribution is 2.33. The third kappa shape index (κ3) is 3.10. The number of carboxylic acid groups (broad SMARTS) is 1. The molecule has 108 valence electrons. The molecule has 2 atom stereocenters. The number of aliphatic carboxylic acids is 1. The Morgan fingerprint density at radius 2 is 2.05 bits per heavy atom. The predicted octanol–water partition coefficient (Wildman–Crippen LogP) is 1.73. The minimum absolute atomic E-state index is 0.150. The van der Waals surface area contributed by atoms with Crippen molar-refractivity contribution in [2.24, 2.45) is 5.92 Å². The first-order valence-corrected chi connectivity index (χ1v) is 6.84. The molecular weight excluding hydrogens is 256 g/mol. The van der Waals surface area contributed by atoms with Gasteiger partial charge in [0.2, 0.25) is 0 Å². The lowest BCUT2D eigenvalue weighted by Gasteiger charge is -2.30. The summed E-state index contributed by atoms with van der Waals surface area (Å²) in [6.45, 7) is 4.07. The van der Waals surface area contributed by atoms with Gasteiger partial charge in [0, 0.05) is 12.5 Å². The Labute approximate surface area is 118 Å². The van der Waals surface area contributed by atoms with Crippen molar-refractivity contribution in [3.63, 3.8) is 0 Å². The maximum atomic E-state index is 11.7. The molecule has 0 radical (unpaired) electrons. The average Bonchev–Trinajstić information content (AvgIpc) is 2.36. The summed E-state index contributed by atoms with van der Waals surface area (Å²) in [6, 6.07) is 6.88. The molecule has 1 aliphatic carbocycles. The zero-order chi connectivity index (χ0) is 14.7. The van der Waals surface area contributed by atoms with Crippen molar-refractivity contribution in [1.82, 2.24) is 10.6 Å². The van der Waals surface area contributed by atoms with Gasteiger partial charge in [-0.05, 0) is 23.5 Å². The smallest absolute Gasteiger partial charge is 0.326 e. The molecule has 1 aliphatic rings. The third-order valence-corrected chi connectivity index (χ3v) is 3.69. The lowest BCUT2D eigenvalue weighted by atomic mass is 9.78. The molecule has 0 saturated heterocycles. The molecule has 0 aromatic heterocycles. The molecule has 20 heavy (non-hydrogen) atoms. The van der Waals surface area contributed by atoms with Gasteiger partial charge < -0.3 is 15.7 Å². The molecule has 1 aromatic rings. The van der Waals surface area contributed by atoms with E-state index < -0.39 is 18.0 Å². The summed E-state index contributed by atoms with van der Waals surface area (Å²) in [4.78, 5) is 22.7. The fraction of sp³-hybridized carbons (Fsp3) is 0.467. The first-order valence-electron chi connectivity index (χ1n) is 6.84. The summed E-state index contributed by atoms with van der Waals surface area (Å²) in [7, 11) is 0. The number of carboxylic acids is 1. The van der Waals surface area contributed by atoms with Crippen LogP contribution in [0.3, 0.4) is 0 Å². The summed E-state index contributed by atoms with van der Waals surface area (Å²) < 4.78 is 0. The topological polar surface area (TPSA) is 78.4 Å². The first kappa shape index (κ1) is 14.4. The highest BCUT2D eigenvalue weighted by molar-refractivity contribution is 5.82. The number of hydrogen-bond donors (Lipinski definition) is 3. The van der Waals surface area contributed by atoms with Crippen molar-refractivity contribution < 1.29 is 14.7 Å². The molecule has 0 heterocycles. The van der Waals surface area contributed by atoms with Crippen molar-refractivity contribution in [3.05, 3.63) is 35.4 Å². The van der Waals surface area contributed by atoms with E-state index in [1.165, 1.54) is 11.1 Å². The first-order chi connectivity index (χ1) is 9.49. The SMILES string of the molecule is CC(C)[C@H](NC(=O)NCC1Cc2ccccc21)C(=O)O. The largest absolute Gasteiger partial charge is 0.480 e. The number of benzene rings is 1. The summed E-state index contributed by atoms with van der Waals surface area (Å²) in [5.74, 6) is -0.828. The Morgan fingerprint density at radius 1 is 1.35 bits per heavy atom. The summed E-state index contributed by atoms with van der Waals surface area (Å²) in [5.41, 5.74) is 2.59. The molecule has 0 saturated carbocycles. The molecular formula is C15H20N2O3. The summed E-state index contributed by atoms with van der Waals surface area (Å²) in [6.07, 6.45) is 0.961. The molecule has 0 aliphatic heterocycles. The van der Waals surface area contributed by atoms with E-state index in [2.05, 4.69) is 22.8 Å².